The van der Waals surface area contributed by atoms with Gasteiger partial charge in [-0.15, -0.1) is 0 Å². The number of hydrogen-bond donors (Lipinski definition) is 3. The molecule has 0 radical (unpaired) electrons. The summed E-state index contributed by atoms with van der Waals surface area (Å²) in [5.41, 5.74) is 8.03. The van der Waals surface area contributed by atoms with Gasteiger partial charge in [-0.25, -0.2) is 10.1 Å². The number of carbonyl (C=O) groups excluding carboxylic acids is 1. The molecule has 10 heteroatoms. The summed E-state index contributed by atoms with van der Waals surface area (Å²) >= 11 is 5.77. The monoisotopic (exact) mass is 295 g/mol. The average molecular weight is 296 g/mol. The molecule has 9 nitrogen and oxygen atoms in total. The summed E-state index contributed by atoms with van der Waals surface area (Å²) in [7, 11) is 0. The summed E-state index contributed by atoms with van der Waals surface area (Å²) in [5.74, 6) is -0.449. The molecule has 0 saturated carbocycles. The fourth-order valence-corrected chi connectivity index (χ4v) is 1.48. The number of aromatic nitrogens is 4. The van der Waals surface area contributed by atoms with Crippen LogP contribution in [0, 0.1) is 0 Å². The molecular weight excluding hydrogens is 286 g/mol. The third-order valence-corrected chi connectivity index (χ3v) is 2.47. The van der Waals surface area contributed by atoms with Gasteiger partial charge in [0, 0.05) is 10.6 Å². The molecule has 0 aliphatic carbocycles. The van der Waals surface area contributed by atoms with Crippen LogP contribution in [0.25, 0.3) is 0 Å². The van der Waals surface area contributed by atoms with Crippen molar-refractivity contribution in [3.8, 4) is 5.75 Å². The zero-order chi connectivity index (χ0) is 14.5. The number of nitrogens with zero attached hydrogens (tertiary/aromatic N) is 5. The fraction of sp³-hybridized carbons (Fsp3) is 0.100. The van der Waals surface area contributed by atoms with Gasteiger partial charge in [0.25, 0.3) is 5.91 Å². The van der Waals surface area contributed by atoms with Gasteiger partial charge in [0.2, 0.25) is 5.95 Å². The first kappa shape index (κ1) is 13.7. The van der Waals surface area contributed by atoms with Gasteiger partial charge in [0.15, 0.2) is 0 Å². The van der Waals surface area contributed by atoms with E-state index in [1.54, 1.807) is 0 Å². The molecule has 0 fully saturated rings. The minimum absolute atomic E-state index is 0.00267. The average Bonchev–Trinajstić information content (AvgIpc) is 2.79. The van der Waals surface area contributed by atoms with Crippen LogP contribution >= 0.6 is 11.6 Å². The molecule has 0 aliphatic rings. The Kier molecular flexibility index (Phi) is 4.11. The SMILES string of the molecule is Nc1nnnn1CC(=O)N/N=C/c1cc(Cl)ccc1O. The first-order valence-corrected chi connectivity index (χ1v) is 5.76. The van der Waals surface area contributed by atoms with E-state index in [0.717, 1.165) is 4.68 Å². The van der Waals surface area contributed by atoms with Crippen molar-refractivity contribution in [1.29, 1.82) is 0 Å². The smallest absolute Gasteiger partial charge is 0.261 e. The summed E-state index contributed by atoms with van der Waals surface area (Å²) in [6.45, 7) is -0.169. The van der Waals surface area contributed by atoms with Gasteiger partial charge >= 0.3 is 0 Å². The molecule has 1 amide bonds. The third-order valence-electron chi connectivity index (χ3n) is 2.24. The standard InChI is InChI=1S/C10H10ClN7O2/c11-7-1-2-8(19)6(3-7)4-13-14-9(20)5-18-10(12)15-16-17-18/h1-4,19H,5H2,(H,14,20)(H2,12,15,17)/b13-4+. The molecule has 0 saturated heterocycles. The summed E-state index contributed by atoms with van der Waals surface area (Å²) in [4.78, 5) is 11.5. The number of phenols is 1. The van der Waals surface area contributed by atoms with Crippen LogP contribution in [0.4, 0.5) is 5.95 Å². The molecule has 1 heterocycles. The molecule has 1 aromatic carbocycles. The number of hydrazone groups is 1. The van der Waals surface area contributed by atoms with E-state index in [9.17, 15) is 9.90 Å². The van der Waals surface area contributed by atoms with E-state index < -0.39 is 5.91 Å². The highest BCUT2D eigenvalue weighted by Gasteiger charge is 2.06. The maximum Gasteiger partial charge on any atom is 0.261 e. The lowest BCUT2D eigenvalue weighted by Crippen LogP contribution is -2.24. The lowest BCUT2D eigenvalue weighted by atomic mass is 10.2. The highest BCUT2D eigenvalue weighted by atomic mass is 35.5. The second kappa shape index (κ2) is 5.97. The number of anilines is 1. The van der Waals surface area contributed by atoms with Crippen LogP contribution in [-0.4, -0.2) is 37.4 Å². The van der Waals surface area contributed by atoms with Crippen LogP contribution < -0.4 is 11.2 Å². The Morgan fingerprint density at radius 3 is 3.10 bits per heavy atom. The second-order valence-corrected chi connectivity index (χ2v) is 4.13. The number of aromatic hydroxyl groups is 1. The fourth-order valence-electron chi connectivity index (χ4n) is 1.30. The summed E-state index contributed by atoms with van der Waals surface area (Å²) in [6, 6.07) is 4.46. The molecule has 104 valence electrons. The lowest BCUT2D eigenvalue weighted by molar-refractivity contribution is -0.121. The van der Waals surface area contributed by atoms with Crippen molar-refractivity contribution in [1.82, 2.24) is 25.6 Å². The summed E-state index contributed by atoms with van der Waals surface area (Å²) in [5, 5.41) is 23.9. The molecule has 0 spiro atoms. The molecule has 0 unspecified atom stereocenters. The van der Waals surface area contributed by atoms with E-state index in [2.05, 4.69) is 26.1 Å². The van der Waals surface area contributed by atoms with Crippen molar-refractivity contribution in [3.63, 3.8) is 0 Å². The summed E-state index contributed by atoms with van der Waals surface area (Å²) in [6.07, 6.45) is 1.27. The zero-order valence-corrected chi connectivity index (χ0v) is 10.8. The van der Waals surface area contributed by atoms with E-state index in [-0.39, 0.29) is 18.2 Å². The molecule has 1 aromatic heterocycles. The Morgan fingerprint density at radius 1 is 1.60 bits per heavy atom. The molecule has 2 aromatic rings. The Bertz CT molecular complexity index is 655. The van der Waals surface area contributed by atoms with Gasteiger partial charge in [-0.1, -0.05) is 16.7 Å². The van der Waals surface area contributed by atoms with Crippen LogP contribution in [0.1, 0.15) is 5.56 Å². The van der Waals surface area contributed by atoms with Crippen LogP contribution in [0.3, 0.4) is 0 Å². The topological polar surface area (TPSA) is 131 Å². The van der Waals surface area contributed by atoms with E-state index in [1.165, 1.54) is 24.4 Å². The van der Waals surface area contributed by atoms with Gasteiger partial charge in [-0.3, -0.25) is 4.79 Å². The predicted molar refractivity (Wildman–Crippen MR) is 71.1 cm³/mol. The number of halogens is 1. The zero-order valence-electron chi connectivity index (χ0n) is 10.1. The Hall–Kier alpha value is -2.68. The van der Waals surface area contributed by atoms with Gasteiger partial charge in [0.1, 0.15) is 12.3 Å². The first-order valence-electron chi connectivity index (χ1n) is 5.38. The molecular formula is C10H10ClN7O2. The van der Waals surface area contributed by atoms with Crippen molar-refractivity contribution in [2.45, 2.75) is 6.54 Å². The number of amides is 1. The second-order valence-electron chi connectivity index (χ2n) is 3.69. The van der Waals surface area contributed by atoms with Crippen LogP contribution in [-0.2, 0) is 11.3 Å². The Morgan fingerprint density at radius 2 is 2.40 bits per heavy atom. The van der Waals surface area contributed by atoms with Crippen molar-refractivity contribution in [2.24, 2.45) is 5.10 Å². The van der Waals surface area contributed by atoms with Crippen LogP contribution in [0.2, 0.25) is 5.02 Å². The van der Waals surface area contributed by atoms with E-state index in [0.29, 0.717) is 10.6 Å². The van der Waals surface area contributed by atoms with E-state index >= 15 is 0 Å². The molecule has 4 N–H and O–H groups in total. The highest BCUT2D eigenvalue weighted by molar-refractivity contribution is 6.30. The Balaban J connectivity index is 1.94. The molecule has 20 heavy (non-hydrogen) atoms. The molecule has 0 bridgehead atoms. The number of nitrogen functional groups attached to an aromatic ring is 1. The molecule has 2 rings (SSSR count). The van der Waals surface area contributed by atoms with Gasteiger partial charge in [0.05, 0.1) is 6.21 Å². The minimum Gasteiger partial charge on any atom is -0.507 e. The maximum atomic E-state index is 11.5. The van der Waals surface area contributed by atoms with Crippen molar-refractivity contribution >= 4 is 29.7 Å². The normalized spacial score (nSPS) is 10.8. The Labute approximate surface area is 118 Å². The van der Waals surface area contributed by atoms with E-state index in [4.69, 9.17) is 17.3 Å². The van der Waals surface area contributed by atoms with Gasteiger partial charge in [-0.2, -0.15) is 5.10 Å². The number of benzene rings is 1. The molecule has 0 atom stereocenters. The van der Waals surface area contributed by atoms with Gasteiger partial charge < -0.3 is 10.8 Å². The first-order chi connectivity index (χ1) is 9.56. The number of tetrazole rings is 1. The largest absolute Gasteiger partial charge is 0.507 e. The number of phenolic OH excluding ortho intramolecular Hbond substituents is 1. The summed E-state index contributed by atoms with van der Waals surface area (Å²) < 4.78 is 1.11. The van der Waals surface area contributed by atoms with Gasteiger partial charge in [-0.05, 0) is 28.6 Å². The van der Waals surface area contributed by atoms with Crippen molar-refractivity contribution in [3.05, 3.63) is 28.8 Å². The minimum atomic E-state index is -0.471. The van der Waals surface area contributed by atoms with Crippen LogP contribution in [0.5, 0.6) is 5.75 Å². The maximum absolute atomic E-state index is 11.5. The van der Waals surface area contributed by atoms with E-state index in [1.807, 2.05) is 0 Å². The lowest BCUT2D eigenvalue weighted by Gasteiger charge is -2.01. The number of hydrogen-bond acceptors (Lipinski definition) is 7. The number of rotatable bonds is 4. The highest BCUT2D eigenvalue weighted by Crippen LogP contribution is 2.19. The van der Waals surface area contributed by atoms with Crippen molar-refractivity contribution in [2.75, 3.05) is 5.73 Å². The van der Waals surface area contributed by atoms with Crippen LogP contribution in [0.15, 0.2) is 23.3 Å². The quantitative estimate of drug-likeness (QED) is 0.527. The van der Waals surface area contributed by atoms with Crippen molar-refractivity contribution < 1.29 is 9.90 Å². The third kappa shape index (κ3) is 3.42. The number of nitrogens with one attached hydrogen (secondary N) is 1. The number of carbonyl (C=O) groups is 1. The number of nitrogens with two attached hydrogens (primary N) is 1. The predicted octanol–water partition coefficient (Wildman–Crippen LogP) is -0.235. The molecule has 0 aliphatic heterocycles.